The van der Waals surface area contributed by atoms with Gasteiger partial charge in [-0.25, -0.2) is 0 Å². The second kappa shape index (κ2) is 2.89. The number of amides is 1. The van der Waals surface area contributed by atoms with Crippen LogP contribution in [0.1, 0.15) is 0 Å². The van der Waals surface area contributed by atoms with Crippen molar-refractivity contribution in [2.75, 3.05) is 13.1 Å². The molecule has 0 bridgehead atoms. The van der Waals surface area contributed by atoms with E-state index in [9.17, 15) is 13.6 Å². The van der Waals surface area contributed by atoms with E-state index < -0.39 is 10.7 Å². The van der Waals surface area contributed by atoms with Crippen LogP contribution in [0.5, 0.6) is 0 Å². The summed E-state index contributed by atoms with van der Waals surface area (Å²) < 4.78 is 24.5. The topological polar surface area (TPSA) is 20.3 Å². The lowest BCUT2D eigenvalue weighted by atomic mass is 10.5. The van der Waals surface area contributed by atoms with Gasteiger partial charge in [-0.3, -0.25) is 4.79 Å². The van der Waals surface area contributed by atoms with Gasteiger partial charge in [-0.15, -0.1) is 0 Å². The molecule has 5 heteroatoms. The van der Waals surface area contributed by atoms with Crippen molar-refractivity contribution in [2.45, 2.75) is 4.83 Å². The van der Waals surface area contributed by atoms with Gasteiger partial charge >= 0.3 is 10.7 Å². The van der Waals surface area contributed by atoms with Crippen molar-refractivity contribution in [1.82, 2.24) is 4.90 Å². The maximum atomic E-state index is 12.3. The molecular formula is C6H6BrF2NO. The molecule has 1 rings (SSSR count). The Morgan fingerprint density at radius 1 is 1.45 bits per heavy atom. The second-order valence-electron chi connectivity index (χ2n) is 2.18. The predicted octanol–water partition coefficient (Wildman–Crippen LogP) is 1.37. The molecule has 0 aromatic carbocycles. The van der Waals surface area contributed by atoms with Crippen LogP contribution in [0, 0.1) is 0 Å². The van der Waals surface area contributed by atoms with Gasteiger partial charge in [0.05, 0.1) is 0 Å². The van der Waals surface area contributed by atoms with Gasteiger partial charge in [-0.1, -0.05) is 12.2 Å². The molecule has 0 fully saturated rings. The molecule has 11 heavy (non-hydrogen) atoms. The first-order valence-electron chi connectivity index (χ1n) is 3.03. The van der Waals surface area contributed by atoms with Crippen molar-refractivity contribution in [3.8, 4) is 0 Å². The van der Waals surface area contributed by atoms with Gasteiger partial charge in [0.25, 0.3) is 0 Å². The molecule has 0 radical (unpaired) electrons. The van der Waals surface area contributed by atoms with E-state index in [1.807, 2.05) is 15.9 Å². The normalized spacial score (nSPS) is 17.5. The van der Waals surface area contributed by atoms with E-state index in [0.29, 0.717) is 0 Å². The van der Waals surface area contributed by atoms with Gasteiger partial charge in [0.2, 0.25) is 0 Å². The van der Waals surface area contributed by atoms with Crippen molar-refractivity contribution >= 4 is 21.8 Å². The summed E-state index contributed by atoms with van der Waals surface area (Å²) in [5, 5.41) is 0. The average molecular weight is 226 g/mol. The van der Waals surface area contributed by atoms with Gasteiger partial charge in [0.15, 0.2) is 0 Å². The first kappa shape index (κ1) is 8.64. The summed E-state index contributed by atoms with van der Waals surface area (Å²) in [5.74, 6) is -1.18. The van der Waals surface area contributed by atoms with Crippen LogP contribution in [0.2, 0.25) is 0 Å². The van der Waals surface area contributed by atoms with E-state index in [-0.39, 0.29) is 13.1 Å². The molecule has 1 amide bonds. The summed E-state index contributed by atoms with van der Waals surface area (Å²) in [6.07, 6.45) is 3.35. The summed E-state index contributed by atoms with van der Waals surface area (Å²) in [4.78, 5) is 8.40. The number of rotatable bonds is 1. The molecule has 0 atom stereocenters. The molecule has 1 aliphatic rings. The van der Waals surface area contributed by atoms with Crippen LogP contribution in [0.4, 0.5) is 8.78 Å². The minimum Gasteiger partial charge on any atom is -0.329 e. The minimum atomic E-state index is -3.42. The summed E-state index contributed by atoms with van der Waals surface area (Å²) in [6, 6.07) is 0. The second-order valence-corrected chi connectivity index (χ2v) is 3.18. The molecule has 1 aliphatic heterocycles. The minimum absolute atomic E-state index is 0.278. The van der Waals surface area contributed by atoms with Crippen LogP contribution in [0.3, 0.4) is 0 Å². The molecule has 0 saturated carbocycles. The SMILES string of the molecule is O=C(N1CC=CC1)C(F)(F)Br. The maximum absolute atomic E-state index is 12.3. The third kappa shape index (κ3) is 1.99. The van der Waals surface area contributed by atoms with Gasteiger partial charge < -0.3 is 4.90 Å². The Morgan fingerprint density at radius 2 is 1.91 bits per heavy atom. The van der Waals surface area contributed by atoms with E-state index >= 15 is 0 Å². The lowest BCUT2D eigenvalue weighted by molar-refractivity contribution is -0.144. The fourth-order valence-corrected chi connectivity index (χ4v) is 1.07. The van der Waals surface area contributed by atoms with Crippen molar-refractivity contribution in [3.63, 3.8) is 0 Å². The van der Waals surface area contributed by atoms with Crippen LogP contribution >= 0.6 is 15.9 Å². The van der Waals surface area contributed by atoms with Gasteiger partial charge in [-0.05, 0) is 0 Å². The molecule has 1 heterocycles. The molecule has 0 N–H and O–H groups in total. The summed E-state index contributed by atoms with van der Waals surface area (Å²) in [7, 11) is 0. The Hall–Kier alpha value is -0.450. The number of nitrogens with zero attached hydrogens (tertiary/aromatic N) is 1. The van der Waals surface area contributed by atoms with Gasteiger partial charge in [0.1, 0.15) is 0 Å². The molecule has 62 valence electrons. The lowest BCUT2D eigenvalue weighted by Crippen LogP contribution is -2.38. The largest absolute Gasteiger partial charge is 0.378 e. The Labute approximate surface area is 71.0 Å². The van der Waals surface area contributed by atoms with Crippen LogP contribution in [-0.2, 0) is 4.79 Å². The van der Waals surface area contributed by atoms with Crippen LogP contribution in [0.15, 0.2) is 12.2 Å². The molecule has 2 nitrogen and oxygen atoms in total. The Balaban J connectivity index is 2.55. The molecule has 0 aromatic heterocycles. The van der Waals surface area contributed by atoms with Crippen molar-refractivity contribution < 1.29 is 13.6 Å². The third-order valence-electron chi connectivity index (χ3n) is 1.35. The highest BCUT2D eigenvalue weighted by Crippen LogP contribution is 2.24. The van der Waals surface area contributed by atoms with Gasteiger partial charge in [-0.2, -0.15) is 8.78 Å². The lowest BCUT2D eigenvalue weighted by Gasteiger charge is -2.17. The van der Waals surface area contributed by atoms with E-state index in [2.05, 4.69) is 0 Å². The zero-order valence-electron chi connectivity index (χ0n) is 5.56. The highest BCUT2D eigenvalue weighted by atomic mass is 79.9. The molecule has 0 spiro atoms. The smallest absolute Gasteiger partial charge is 0.329 e. The fourth-order valence-electron chi connectivity index (χ4n) is 0.823. The van der Waals surface area contributed by atoms with Crippen molar-refractivity contribution in [2.24, 2.45) is 0 Å². The van der Waals surface area contributed by atoms with E-state index in [0.717, 1.165) is 4.90 Å². The van der Waals surface area contributed by atoms with E-state index in [1.165, 1.54) is 0 Å². The van der Waals surface area contributed by atoms with Gasteiger partial charge in [0, 0.05) is 29.0 Å². The van der Waals surface area contributed by atoms with Crippen LogP contribution in [0.25, 0.3) is 0 Å². The average Bonchev–Trinajstić information content (AvgIpc) is 2.34. The first-order valence-corrected chi connectivity index (χ1v) is 3.82. The monoisotopic (exact) mass is 225 g/mol. The number of alkyl halides is 3. The number of halogens is 3. The van der Waals surface area contributed by atoms with Crippen LogP contribution < -0.4 is 0 Å². The Morgan fingerprint density at radius 3 is 2.27 bits per heavy atom. The standard InChI is InChI=1S/C6H6BrF2NO/c7-6(8,9)5(11)10-3-1-2-4-10/h1-2H,3-4H2. The van der Waals surface area contributed by atoms with E-state index in [1.54, 1.807) is 12.2 Å². The molecule has 0 aliphatic carbocycles. The molecule has 0 saturated heterocycles. The summed E-state index contributed by atoms with van der Waals surface area (Å²) in [5.41, 5.74) is 0. The Bertz CT molecular complexity index is 191. The zero-order valence-corrected chi connectivity index (χ0v) is 7.14. The molecule has 0 unspecified atom stereocenters. The molecule has 0 aromatic rings. The Kier molecular flexibility index (Phi) is 2.27. The third-order valence-corrected chi connectivity index (χ3v) is 1.69. The number of carbonyl (C=O) groups excluding carboxylic acids is 1. The van der Waals surface area contributed by atoms with Crippen molar-refractivity contribution in [3.05, 3.63) is 12.2 Å². The highest BCUT2D eigenvalue weighted by Gasteiger charge is 2.38. The predicted molar refractivity (Wildman–Crippen MR) is 39.6 cm³/mol. The summed E-state index contributed by atoms with van der Waals surface area (Å²) in [6.45, 7) is 0.556. The first-order chi connectivity index (χ1) is 5.02. The fraction of sp³-hybridized carbons (Fsp3) is 0.500. The zero-order chi connectivity index (χ0) is 8.48. The quantitative estimate of drug-likeness (QED) is 0.488. The number of carbonyl (C=O) groups is 1. The van der Waals surface area contributed by atoms with E-state index in [4.69, 9.17) is 0 Å². The summed E-state index contributed by atoms with van der Waals surface area (Å²) >= 11 is 2.00. The van der Waals surface area contributed by atoms with Crippen molar-refractivity contribution in [1.29, 1.82) is 0 Å². The van der Waals surface area contributed by atoms with Crippen LogP contribution in [-0.4, -0.2) is 28.7 Å². The number of hydrogen-bond acceptors (Lipinski definition) is 1. The number of hydrogen-bond donors (Lipinski definition) is 0. The highest BCUT2D eigenvalue weighted by molar-refractivity contribution is 9.10. The maximum Gasteiger partial charge on any atom is 0.378 e. The molecular weight excluding hydrogens is 220 g/mol.